The van der Waals surface area contributed by atoms with Crippen molar-refractivity contribution in [2.75, 3.05) is 6.54 Å². The van der Waals surface area contributed by atoms with Crippen molar-refractivity contribution < 1.29 is 0 Å². The van der Waals surface area contributed by atoms with Crippen molar-refractivity contribution in [2.24, 2.45) is 7.05 Å². The average molecular weight is 259 g/mol. The molecule has 0 atom stereocenters. The molecule has 1 aromatic carbocycles. The number of benzene rings is 1. The standard InChI is InChI=1S/C16H25N3/c1-12(2)17-10-6-5-7-14-8-9-16-15(11-14)18-13(3)19(16)4/h8-9,11-12,17H,5-7,10H2,1-4H3. The number of nitrogens with zero attached hydrogens (tertiary/aromatic N) is 2. The lowest BCUT2D eigenvalue weighted by Gasteiger charge is -2.07. The molecule has 0 aliphatic heterocycles. The van der Waals surface area contributed by atoms with Gasteiger partial charge in [-0.15, -0.1) is 0 Å². The van der Waals surface area contributed by atoms with Gasteiger partial charge in [0.15, 0.2) is 0 Å². The molecule has 19 heavy (non-hydrogen) atoms. The fourth-order valence-corrected chi connectivity index (χ4v) is 2.37. The summed E-state index contributed by atoms with van der Waals surface area (Å²) in [6.45, 7) is 7.55. The van der Waals surface area contributed by atoms with Crippen molar-refractivity contribution in [3.05, 3.63) is 29.6 Å². The largest absolute Gasteiger partial charge is 0.331 e. The number of aromatic nitrogens is 2. The van der Waals surface area contributed by atoms with Gasteiger partial charge < -0.3 is 9.88 Å². The summed E-state index contributed by atoms with van der Waals surface area (Å²) in [5.74, 6) is 1.08. The molecular formula is C16H25N3. The highest BCUT2D eigenvalue weighted by atomic mass is 15.0. The molecule has 0 radical (unpaired) electrons. The smallest absolute Gasteiger partial charge is 0.106 e. The second kappa shape index (κ2) is 6.20. The van der Waals surface area contributed by atoms with Crippen LogP contribution in [0.1, 0.15) is 38.1 Å². The van der Waals surface area contributed by atoms with Crippen molar-refractivity contribution in [3.8, 4) is 0 Å². The third kappa shape index (κ3) is 3.57. The maximum absolute atomic E-state index is 4.59. The van der Waals surface area contributed by atoms with Gasteiger partial charge in [0.05, 0.1) is 11.0 Å². The van der Waals surface area contributed by atoms with Crippen LogP contribution in [0, 0.1) is 6.92 Å². The van der Waals surface area contributed by atoms with E-state index in [1.165, 1.54) is 23.9 Å². The summed E-state index contributed by atoms with van der Waals surface area (Å²) < 4.78 is 2.14. The highest BCUT2D eigenvalue weighted by Crippen LogP contribution is 2.17. The number of nitrogens with one attached hydrogen (secondary N) is 1. The maximum Gasteiger partial charge on any atom is 0.106 e. The van der Waals surface area contributed by atoms with Crippen LogP contribution in [0.5, 0.6) is 0 Å². The van der Waals surface area contributed by atoms with Crippen molar-refractivity contribution in [1.29, 1.82) is 0 Å². The topological polar surface area (TPSA) is 29.9 Å². The third-order valence-electron chi connectivity index (χ3n) is 3.61. The van der Waals surface area contributed by atoms with Gasteiger partial charge in [-0.05, 0) is 50.4 Å². The van der Waals surface area contributed by atoms with Gasteiger partial charge in [0.1, 0.15) is 5.82 Å². The molecule has 3 heteroatoms. The molecular weight excluding hydrogens is 234 g/mol. The summed E-state index contributed by atoms with van der Waals surface area (Å²) in [6, 6.07) is 7.25. The first-order valence-electron chi connectivity index (χ1n) is 7.23. The van der Waals surface area contributed by atoms with Crippen LogP contribution in [0.3, 0.4) is 0 Å². The first kappa shape index (κ1) is 14.1. The van der Waals surface area contributed by atoms with E-state index in [4.69, 9.17) is 0 Å². The molecule has 0 aliphatic rings. The molecule has 104 valence electrons. The van der Waals surface area contributed by atoms with Crippen molar-refractivity contribution in [1.82, 2.24) is 14.9 Å². The minimum Gasteiger partial charge on any atom is -0.331 e. The third-order valence-corrected chi connectivity index (χ3v) is 3.61. The number of fused-ring (bicyclic) bond motifs is 1. The first-order chi connectivity index (χ1) is 9.08. The summed E-state index contributed by atoms with van der Waals surface area (Å²) in [4.78, 5) is 4.59. The quantitative estimate of drug-likeness (QED) is 0.807. The van der Waals surface area contributed by atoms with Crippen LogP contribution in [-0.2, 0) is 13.5 Å². The van der Waals surface area contributed by atoms with E-state index in [9.17, 15) is 0 Å². The number of unbranched alkanes of at least 4 members (excludes halogenated alkanes) is 1. The highest BCUT2D eigenvalue weighted by Gasteiger charge is 2.04. The molecule has 0 fully saturated rings. The molecule has 1 aromatic heterocycles. The van der Waals surface area contributed by atoms with Crippen LogP contribution in [0.25, 0.3) is 11.0 Å². The van der Waals surface area contributed by atoms with Gasteiger partial charge in [0.2, 0.25) is 0 Å². The lowest BCUT2D eigenvalue weighted by molar-refractivity contribution is 0.557. The highest BCUT2D eigenvalue weighted by molar-refractivity contribution is 5.76. The Morgan fingerprint density at radius 1 is 1.26 bits per heavy atom. The number of imidazole rings is 1. The Labute approximate surface area is 116 Å². The zero-order chi connectivity index (χ0) is 13.8. The molecule has 2 aromatic rings. The van der Waals surface area contributed by atoms with E-state index in [1.54, 1.807) is 0 Å². The maximum atomic E-state index is 4.59. The summed E-state index contributed by atoms with van der Waals surface area (Å²) in [5.41, 5.74) is 3.75. The minimum atomic E-state index is 0.591. The van der Waals surface area contributed by atoms with E-state index in [-0.39, 0.29) is 0 Å². The fraction of sp³-hybridized carbons (Fsp3) is 0.562. The van der Waals surface area contributed by atoms with E-state index < -0.39 is 0 Å². The van der Waals surface area contributed by atoms with Crippen LogP contribution < -0.4 is 5.32 Å². The monoisotopic (exact) mass is 259 g/mol. The Morgan fingerprint density at radius 2 is 2.05 bits per heavy atom. The van der Waals surface area contributed by atoms with Crippen LogP contribution in [-0.4, -0.2) is 22.1 Å². The minimum absolute atomic E-state index is 0.591. The molecule has 3 nitrogen and oxygen atoms in total. The zero-order valence-electron chi connectivity index (χ0n) is 12.5. The van der Waals surface area contributed by atoms with Crippen LogP contribution in [0.15, 0.2) is 18.2 Å². The van der Waals surface area contributed by atoms with Crippen molar-refractivity contribution in [3.63, 3.8) is 0 Å². The van der Waals surface area contributed by atoms with E-state index in [2.05, 4.69) is 60.9 Å². The normalized spacial score (nSPS) is 11.6. The van der Waals surface area contributed by atoms with Gasteiger partial charge in [-0.3, -0.25) is 0 Å². The Hall–Kier alpha value is -1.35. The van der Waals surface area contributed by atoms with E-state index in [0.29, 0.717) is 6.04 Å². The van der Waals surface area contributed by atoms with Gasteiger partial charge in [0, 0.05) is 13.1 Å². The Morgan fingerprint density at radius 3 is 2.79 bits per heavy atom. The molecule has 0 bridgehead atoms. The summed E-state index contributed by atoms with van der Waals surface area (Å²) >= 11 is 0. The number of rotatable bonds is 6. The summed E-state index contributed by atoms with van der Waals surface area (Å²) in [5, 5.41) is 3.46. The van der Waals surface area contributed by atoms with Gasteiger partial charge in [-0.1, -0.05) is 19.9 Å². The summed E-state index contributed by atoms with van der Waals surface area (Å²) in [6.07, 6.45) is 3.61. The SMILES string of the molecule is Cc1nc2cc(CCCCNC(C)C)ccc2n1C. The lowest BCUT2D eigenvalue weighted by Crippen LogP contribution is -2.23. The number of aryl methyl sites for hydroxylation is 3. The Bertz CT molecular complexity index is 540. The molecule has 0 spiro atoms. The molecule has 0 unspecified atom stereocenters. The molecule has 0 aliphatic carbocycles. The van der Waals surface area contributed by atoms with Gasteiger partial charge in [-0.2, -0.15) is 0 Å². The van der Waals surface area contributed by atoms with Crippen LogP contribution in [0.4, 0.5) is 0 Å². The fourth-order valence-electron chi connectivity index (χ4n) is 2.37. The van der Waals surface area contributed by atoms with Gasteiger partial charge in [0.25, 0.3) is 0 Å². The molecule has 1 heterocycles. The van der Waals surface area contributed by atoms with Gasteiger partial charge in [-0.25, -0.2) is 4.98 Å². The van der Waals surface area contributed by atoms with E-state index >= 15 is 0 Å². The molecule has 0 saturated heterocycles. The first-order valence-corrected chi connectivity index (χ1v) is 7.23. The number of hydrogen-bond acceptors (Lipinski definition) is 2. The molecule has 0 saturated carbocycles. The molecule has 0 amide bonds. The van der Waals surface area contributed by atoms with E-state index in [0.717, 1.165) is 24.3 Å². The predicted molar refractivity (Wildman–Crippen MR) is 81.5 cm³/mol. The Kier molecular flexibility index (Phi) is 4.59. The average Bonchev–Trinajstić information content (AvgIpc) is 2.64. The van der Waals surface area contributed by atoms with Crippen LogP contribution in [0.2, 0.25) is 0 Å². The Balaban J connectivity index is 1.91. The van der Waals surface area contributed by atoms with Crippen molar-refractivity contribution >= 4 is 11.0 Å². The predicted octanol–water partition coefficient (Wildman–Crippen LogP) is 3.20. The zero-order valence-corrected chi connectivity index (χ0v) is 12.5. The summed E-state index contributed by atoms with van der Waals surface area (Å²) in [7, 11) is 2.07. The van der Waals surface area contributed by atoms with Crippen molar-refractivity contribution in [2.45, 2.75) is 46.1 Å². The van der Waals surface area contributed by atoms with Crippen LogP contribution >= 0.6 is 0 Å². The molecule has 2 rings (SSSR count). The van der Waals surface area contributed by atoms with Gasteiger partial charge >= 0.3 is 0 Å². The molecule has 1 N–H and O–H groups in total. The lowest BCUT2D eigenvalue weighted by atomic mass is 10.1. The second-order valence-electron chi connectivity index (χ2n) is 5.61. The number of hydrogen-bond donors (Lipinski definition) is 1. The second-order valence-corrected chi connectivity index (χ2v) is 5.61. The van der Waals surface area contributed by atoms with E-state index in [1.807, 2.05) is 0 Å².